The summed E-state index contributed by atoms with van der Waals surface area (Å²) in [6.07, 6.45) is 3.13. The Kier molecular flexibility index (Phi) is 6.34. The predicted octanol–water partition coefficient (Wildman–Crippen LogP) is 3.99. The summed E-state index contributed by atoms with van der Waals surface area (Å²) in [5, 5.41) is 6.76. The van der Waals surface area contributed by atoms with Crippen molar-refractivity contribution in [1.29, 1.82) is 0 Å². The van der Waals surface area contributed by atoms with Crippen molar-refractivity contribution in [2.45, 2.75) is 13.3 Å². The largest absolute Gasteiger partial charge is 0.495 e. The van der Waals surface area contributed by atoms with Crippen molar-refractivity contribution < 1.29 is 23.4 Å². The number of hydrogen-bond donors (Lipinski definition) is 3. The Balaban J connectivity index is 1.55. The molecule has 0 unspecified atom stereocenters. The van der Waals surface area contributed by atoms with Crippen molar-refractivity contribution in [2.24, 2.45) is 0 Å². The Morgan fingerprint density at radius 2 is 2.05 bits per heavy atom. The molecule has 10 nitrogen and oxygen atoms in total. The molecule has 0 aliphatic carbocycles. The van der Waals surface area contributed by atoms with E-state index in [1.54, 1.807) is 30.5 Å². The van der Waals surface area contributed by atoms with E-state index >= 15 is 4.39 Å². The molecule has 0 radical (unpaired) electrons. The molecule has 2 aromatic carbocycles. The average Bonchev–Trinajstić information content (AvgIpc) is 2.91. The van der Waals surface area contributed by atoms with Crippen LogP contribution in [0.3, 0.4) is 0 Å². The fraction of sp³-hybridized carbons (Fsp3) is 0.231. The number of rotatable bonds is 6. The second-order valence-corrected chi connectivity index (χ2v) is 8.44. The Morgan fingerprint density at radius 3 is 2.84 bits per heavy atom. The van der Waals surface area contributed by atoms with Gasteiger partial charge in [0.05, 0.1) is 37.5 Å². The Morgan fingerprint density at radius 1 is 1.22 bits per heavy atom. The SMILES string of the molecule is COC(=O)Cc1ccc(OC)c(Nc2ncc3c(N)c(F)c(-c4cnc5c(c4C)NCCO5)cc3n2)c1. The van der Waals surface area contributed by atoms with Gasteiger partial charge < -0.3 is 30.6 Å². The van der Waals surface area contributed by atoms with Crippen LogP contribution in [0.15, 0.2) is 36.7 Å². The number of halogens is 1. The summed E-state index contributed by atoms with van der Waals surface area (Å²) in [5.74, 6) is 0.321. The molecular weight excluding hydrogens is 479 g/mol. The fourth-order valence-electron chi connectivity index (χ4n) is 4.25. The highest BCUT2D eigenvalue weighted by molar-refractivity contribution is 5.96. The van der Waals surface area contributed by atoms with Gasteiger partial charge in [-0.2, -0.15) is 0 Å². The first-order valence-electron chi connectivity index (χ1n) is 11.5. The third-order valence-corrected chi connectivity index (χ3v) is 6.19. The molecule has 0 fully saturated rings. The number of nitrogens with two attached hydrogens (primary N) is 1. The maximum atomic E-state index is 15.4. The van der Waals surface area contributed by atoms with Gasteiger partial charge in [0.2, 0.25) is 11.8 Å². The van der Waals surface area contributed by atoms with Gasteiger partial charge in [0, 0.05) is 35.5 Å². The van der Waals surface area contributed by atoms with E-state index in [0.717, 1.165) is 16.8 Å². The van der Waals surface area contributed by atoms with Crippen molar-refractivity contribution in [2.75, 3.05) is 43.7 Å². The van der Waals surface area contributed by atoms with E-state index in [1.807, 2.05) is 6.92 Å². The minimum absolute atomic E-state index is 0.0574. The normalized spacial score (nSPS) is 12.3. The number of nitrogen functional groups attached to an aromatic ring is 1. The van der Waals surface area contributed by atoms with Gasteiger partial charge in [0.25, 0.3) is 0 Å². The van der Waals surface area contributed by atoms with E-state index in [9.17, 15) is 4.79 Å². The molecule has 5 rings (SSSR count). The molecule has 3 heterocycles. The highest BCUT2D eigenvalue weighted by atomic mass is 19.1. The van der Waals surface area contributed by atoms with Gasteiger partial charge in [-0.15, -0.1) is 0 Å². The minimum atomic E-state index is -0.574. The molecule has 0 saturated carbocycles. The second-order valence-electron chi connectivity index (χ2n) is 8.44. The van der Waals surface area contributed by atoms with E-state index < -0.39 is 5.82 Å². The number of nitrogens with one attached hydrogen (secondary N) is 2. The second kappa shape index (κ2) is 9.76. The Labute approximate surface area is 212 Å². The van der Waals surface area contributed by atoms with Crippen molar-refractivity contribution in [3.8, 4) is 22.8 Å². The van der Waals surface area contributed by atoms with Gasteiger partial charge in [0.15, 0.2) is 5.82 Å². The highest BCUT2D eigenvalue weighted by Crippen LogP contribution is 2.39. The van der Waals surface area contributed by atoms with E-state index in [1.165, 1.54) is 20.4 Å². The van der Waals surface area contributed by atoms with Crippen LogP contribution in [0, 0.1) is 12.7 Å². The topological polar surface area (TPSA) is 134 Å². The molecule has 1 aliphatic heterocycles. The number of hydrogen-bond acceptors (Lipinski definition) is 10. The lowest BCUT2D eigenvalue weighted by Gasteiger charge is -2.22. The van der Waals surface area contributed by atoms with Crippen molar-refractivity contribution in [3.05, 3.63) is 53.6 Å². The van der Waals surface area contributed by atoms with Gasteiger partial charge in [-0.1, -0.05) is 6.07 Å². The average molecular weight is 505 g/mol. The first-order valence-corrected chi connectivity index (χ1v) is 11.5. The number of fused-ring (bicyclic) bond motifs is 2. The number of aromatic nitrogens is 3. The summed E-state index contributed by atoms with van der Waals surface area (Å²) in [7, 11) is 2.87. The summed E-state index contributed by atoms with van der Waals surface area (Å²) in [5.41, 5.74) is 10.2. The molecule has 2 aromatic heterocycles. The smallest absolute Gasteiger partial charge is 0.309 e. The monoisotopic (exact) mass is 504 g/mol. The zero-order valence-corrected chi connectivity index (χ0v) is 20.5. The zero-order chi connectivity index (χ0) is 26.1. The molecule has 0 saturated heterocycles. The van der Waals surface area contributed by atoms with Gasteiger partial charge in [0.1, 0.15) is 18.0 Å². The van der Waals surface area contributed by atoms with Crippen LogP contribution in [0.2, 0.25) is 0 Å². The van der Waals surface area contributed by atoms with Crippen LogP contribution in [-0.4, -0.2) is 48.3 Å². The van der Waals surface area contributed by atoms with Crippen LogP contribution in [-0.2, 0) is 16.0 Å². The molecule has 0 bridgehead atoms. The molecular formula is C26H25FN6O4. The number of benzene rings is 2. The first kappa shape index (κ1) is 24.0. The Bertz CT molecular complexity index is 1530. The summed E-state index contributed by atoms with van der Waals surface area (Å²) in [6, 6.07) is 6.88. The van der Waals surface area contributed by atoms with Crippen molar-refractivity contribution in [1.82, 2.24) is 15.0 Å². The summed E-state index contributed by atoms with van der Waals surface area (Å²) >= 11 is 0. The maximum absolute atomic E-state index is 15.4. The molecule has 0 spiro atoms. The standard InChI is InChI=1S/C26H25FN6O4/c1-13-16(11-30-25-24(13)29-6-7-37-25)15-10-18-17(23(28)22(15)27)12-31-26(32-18)33-19-8-14(9-21(34)36-3)4-5-20(19)35-2/h4-5,8,10-12,29H,6-7,9,28H2,1-3H3,(H,31,32,33). The minimum Gasteiger partial charge on any atom is -0.495 e. The van der Waals surface area contributed by atoms with Crippen LogP contribution in [0.4, 0.5) is 27.4 Å². The quantitative estimate of drug-likeness (QED) is 0.261. The molecule has 0 amide bonds. The number of anilines is 4. The highest BCUT2D eigenvalue weighted by Gasteiger charge is 2.21. The molecule has 37 heavy (non-hydrogen) atoms. The van der Waals surface area contributed by atoms with Gasteiger partial charge in [-0.3, -0.25) is 4.79 Å². The lowest BCUT2D eigenvalue weighted by Crippen LogP contribution is -2.20. The summed E-state index contributed by atoms with van der Waals surface area (Å²) in [6.45, 7) is 3.02. The van der Waals surface area contributed by atoms with E-state index in [0.29, 0.717) is 46.9 Å². The number of carbonyl (C=O) groups excluding carboxylic acids is 1. The fourth-order valence-corrected chi connectivity index (χ4v) is 4.25. The number of methoxy groups -OCH3 is 2. The number of carbonyl (C=O) groups is 1. The molecule has 4 aromatic rings. The van der Waals surface area contributed by atoms with Crippen LogP contribution in [0.5, 0.6) is 11.6 Å². The third kappa shape index (κ3) is 4.51. The molecule has 11 heteroatoms. The molecule has 190 valence electrons. The lowest BCUT2D eigenvalue weighted by molar-refractivity contribution is -0.139. The van der Waals surface area contributed by atoms with Gasteiger partial charge in [-0.25, -0.2) is 19.3 Å². The summed E-state index contributed by atoms with van der Waals surface area (Å²) in [4.78, 5) is 24.9. The number of esters is 1. The van der Waals surface area contributed by atoms with Gasteiger partial charge >= 0.3 is 5.97 Å². The molecule has 4 N–H and O–H groups in total. The Hall–Kier alpha value is -4.67. The van der Waals surface area contributed by atoms with E-state index in [4.69, 9.17) is 19.9 Å². The van der Waals surface area contributed by atoms with E-state index in [-0.39, 0.29) is 29.6 Å². The number of nitrogens with zero attached hydrogens (tertiary/aromatic N) is 3. The van der Waals surface area contributed by atoms with Crippen LogP contribution < -0.4 is 25.8 Å². The zero-order valence-electron chi connectivity index (χ0n) is 20.5. The molecule has 1 aliphatic rings. The van der Waals surface area contributed by atoms with Crippen LogP contribution >= 0.6 is 0 Å². The van der Waals surface area contributed by atoms with Crippen LogP contribution in [0.25, 0.3) is 22.0 Å². The third-order valence-electron chi connectivity index (χ3n) is 6.19. The van der Waals surface area contributed by atoms with Crippen LogP contribution in [0.1, 0.15) is 11.1 Å². The number of ether oxygens (including phenoxy) is 3. The van der Waals surface area contributed by atoms with Crippen molar-refractivity contribution >= 4 is 39.9 Å². The predicted molar refractivity (Wildman–Crippen MR) is 138 cm³/mol. The van der Waals surface area contributed by atoms with E-state index in [2.05, 4.69) is 25.6 Å². The lowest BCUT2D eigenvalue weighted by atomic mass is 9.98. The first-order chi connectivity index (χ1) is 17.9. The van der Waals surface area contributed by atoms with Gasteiger partial charge in [-0.05, 0) is 36.2 Å². The number of pyridine rings is 1. The van der Waals surface area contributed by atoms with Crippen molar-refractivity contribution in [3.63, 3.8) is 0 Å². The molecule has 0 atom stereocenters. The maximum Gasteiger partial charge on any atom is 0.309 e. The summed E-state index contributed by atoms with van der Waals surface area (Å²) < 4.78 is 31.2.